The lowest BCUT2D eigenvalue weighted by Gasteiger charge is -2.15. The number of aromatic nitrogens is 2. The second-order valence-electron chi connectivity index (χ2n) is 3.39. The van der Waals surface area contributed by atoms with Crippen molar-refractivity contribution in [1.29, 1.82) is 0 Å². The number of hydrogen-bond acceptors (Lipinski definition) is 6. The summed E-state index contributed by atoms with van der Waals surface area (Å²) in [5.74, 6) is -0.748. The molecular weight excluding hydrogens is 246 g/mol. The number of carbonyl (C=O) groups is 1. The van der Waals surface area contributed by atoms with Gasteiger partial charge in [0.1, 0.15) is 0 Å². The number of hydrogen-bond donors (Lipinski definition) is 1. The Balaban J connectivity index is 3.08. The van der Waals surface area contributed by atoms with Crippen LogP contribution in [0.25, 0.3) is 0 Å². The van der Waals surface area contributed by atoms with Crippen molar-refractivity contribution >= 4 is 29.0 Å². The number of amides is 1. The van der Waals surface area contributed by atoms with Crippen LogP contribution in [0.3, 0.4) is 0 Å². The van der Waals surface area contributed by atoms with E-state index in [1.54, 1.807) is 7.05 Å². The predicted molar refractivity (Wildman–Crippen MR) is 64.2 cm³/mol. The number of nitrogens with zero attached hydrogens (tertiary/aromatic N) is 4. The molecule has 1 rings (SSSR count). The van der Waals surface area contributed by atoms with Gasteiger partial charge in [-0.25, -0.2) is 9.97 Å². The molecule has 0 spiro atoms. The Morgan fingerprint density at radius 2 is 2.18 bits per heavy atom. The van der Waals surface area contributed by atoms with Crippen molar-refractivity contribution in [1.82, 2.24) is 14.9 Å². The number of carbonyl (C=O) groups excluding carboxylic acids is 1. The smallest absolute Gasteiger partial charge is 0.291 e. The summed E-state index contributed by atoms with van der Waals surface area (Å²) in [4.78, 5) is 31.0. The lowest BCUT2D eigenvalue weighted by molar-refractivity contribution is 0.0783. The van der Waals surface area contributed by atoms with Gasteiger partial charge in [0.15, 0.2) is 16.7 Å². The van der Waals surface area contributed by atoms with E-state index >= 15 is 0 Å². The molecule has 0 saturated heterocycles. The molecule has 92 valence electrons. The zero-order valence-electron chi connectivity index (χ0n) is 9.47. The first kappa shape index (κ1) is 13.3. The Labute approximate surface area is 103 Å². The highest BCUT2D eigenvalue weighted by molar-refractivity contribution is 6.32. The van der Waals surface area contributed by atoms with Crippen molar-refractivity contribution in [3.05, 3.63) is 15.9 Å². The summed E-state index contributed by atoms with van der Waals surface area (Å²) in [6, 6.07) is 0. The third kappa shape index (κ3) is 2.88. The Morgan fingerprint density at radius 1 is 1.53 bits per heavy atom. The SMILES string of the molecule is CCCN(C)C(=O)c1nc(N)c(N=O)c(Cl)n1. The highest BCUT2D eigenvalue weighted by Gasteiger charge is 2.19. The van der Waals surface area contributed by atoms with E-state index in [2.05, 4.69) is 15.1 Å². The number of anilines is 1. The molecule has 0 atom stereocenters. The van der Waals surface area contributed by atoms with E-state index in [-0.39, 0.29) is 22.5 Å². The Bertz CT molecular complexity index is 428. The highest BCUT2D eigenvalue weighted by atomic mass is 35.5. The molecule has 0 aliphatic carbocycles. The molecule has 0 aromatic carbocycles. The van der Waals surface area contributed by atoms with Gasteiger partial charge in [-0.1, -0.05) is 18.5 Å². The summed E-state index contributed by atoms with van der Waals surface area (Å²) in [5, 5.41) is 2.37. The van der Waals surface area contributed by atoms with E-state index in [0.717, 1.165) is 6.42 Å². The lowest BCUT2D eigenvalue weighted by Crippen LogP contribution is -2.29. The van der Waals surface area contributed by atoms with Gasteiger partial charge in [0.2, 0.25) is 5.82 Å². The van der Waals surface area contributed by atoms with E-state index in [9.17, 15) is 9.70 Å². The molecular formula is C9H12ClN5O2. The van der Waals surface area contributed by atoms with Gasteiger partial charge in [0.05, 0.1) is 0 Å². The molecule has 0 fully saturated rings. The summed E-state index contributed by atoms with van der Waals surface area (Å²) in [7, 11) is 1.62. The molecule has 8 heteroatoms. The minimum Gasteiger partial charge on any atom is -0.382 e. The van der Waals surface area contributed by atoms with Crippen LogP contribution in [-0.4, -0.2) is 34.4 Å². The molecule has 2 N–H and O–H groups in total. The minimum atomic E-state index is -0.405. The van der Waals surface area contributed by atoms with Crippen LogP contribution in [-0.2, 0) is 0 Å². The van der Waals surface area contributed by atoms with E-state index in [4.69, 9.17) is 17.3 Å². The van der Waals surface area contributed by atoms with Crippen molar-refractivity contribution in [3.63, 3.8) is 0 Å². The minimum absolute atomic E-state index is 0.143. The normalized spacial score (nSPS) is 10.1. The van der Waals surface area contributed by atoms with Crippen molar-refractivity contribution in [2.24, 2.45) is 5.18 Å². The first-order chi connectivity index (χ1) is 8.01. The van der Waals surface area contributed by atoms with Crippen LogP contribution < -0.4 is 5.73 Å². The van der Waals surface area contributed by atoms with Crippen molar-refractivity contribution in [2.45, 2.75) is 13.3 Å². The molecule has 0 aliphatic heterocycles. The van der Waals surface area contributed by atoms with E-state index in [1.807, 2.05) is 6.92 Å². The van der Waals surface area contributed by atoms with Crippen molar-refractivity contribution in [2.75, 3.05) is 19.3 Å². The van der Waals surface area contributed by atoms with Gasteiger partial charge < -0.3 is 10.6 Å². The van der Waals surface area contributed by atoms with E-state index in [0.29, 0.717) is 6.54 Å². The molecule has 0 unspecified atom stereocenters. The van der Waals surface area contributed by atoms with Crippen molar-refractivity contribution in [3.8, 4) is 0 Å². The number of nitroso groups, excluding NO2 is 1. The highest BCUT2D eigenvalue weighted by Crippen LogP contribution is 2.27. The van der Waals surface area contributed by atoms with Crippen LogP contribution in [0.15, 0.2) is 5.18 Å². The molecule has 7 nitrogen and oxygen atoms in total. The average molecular weight is 258 g/mol. The average Bonchev–Trinajstić information content (AvgIpc) is 2.27. The maximum absolute atomic E-state index is 11.8. The summed E-state index contributed by atoms with van der Waals surface area (Å²) in [6.45, 7) is 2.50. The molecule has 1 aromatic heterocycles. The third-order valence-electron chi connectivity index (χ3n) is 2.06. The maximum atomic E-state index is 11.8. The molecule has 1 heterocycles. The summed E-state index contributed by atoms with van der Waals surface area (Å²) >= 11 is 5.67. The third-order valence-corrected chi connectivity index (χ3v) is 2.32. The van der Waals surface area contributed by atoms with Gasteiger partial charge in [0, 0.05) is 13.6 Å². The van der Waals surface area contributed by atoms with Crippen LogP contribution >= 0.6 is 11.6 Å². The van der Waals surface area contributed by atoms with Crippen molar-refractivity contribution < 1.29 is 4.79 Å². The maximum Gasteiger partial charge on any atom is 0.291 e. The second kappa shape index (κ2) is 5.53. The van der Waals surface area contributed by atoms with Crippen LogP contribution in [0.2, 0.25) is 5.15 Å². The summed E-state index contributed by atoms with van der Waals surface area (Å²) < 4.78 is 0. The van der Waals surface area contributed by atoms with Crippen LogP contribution in [0, 0.1) is 4.91 Å². The topological polar surface area (TPSA) is 102 Å². The van der Waals surface area contributed by atoms with Gasteiger partial charge in [-0.15, -0.1) is 4.91 Å². The Hall–Kier alpha value is -1.76. The molecule has 17 heavy (non-hydrogen) atoms. The van der Waals surface area contributed by atoms with E-state index < -0.39 is 5.91 Å². The zero-order chi connectivity index (χ0) is 13.0. The molecule has 1 aromatic rings. The van der Waals surface area contributed by atoms with E-state index in [1.165, 1.54) is 4.90 Å². The van der Waals surface area contributed by atoms with Gasteiger partial charge >= 0.3 is 0 Å². The number of halogens is 1. The Kier molecular flexibility index (Phi) is 4.33. The summed E-state index contributed by atoms with van der Waals surface area (Å²) in [6.07, 6.45) is 0.805. The molecule has 0 aliphatic rings. The zero-order valence-corrected chi connectivity index (χ0v) is 10.2. The largest absolute Gasteiger partial charge is 0.382 e. The molecule has 1 amide bonds. The standard InChI is InChI=1S/C9H12ClN5O2/c1-3-4-15(2)9(16)8-12-6(10)5(14-17)7(11)13-8/h3-4H2,1-2H3,(H2,11,12,13). The number of nitrogen functional groups attached to an aromatic ring is 1. The number of nitrogens with two attached hydrogens (primary N) is 1. The van der Waals surface area contributed by atoms with Gasteiger partial charge in [0.25, 0.3) is 5.91 Å². The lowest BCUT2D eigenvalue weighted by atomic mass is 10.4. The fourth-order valence-electron chi connectivity index (χ4n) is 1.23. The summed E-state index contributed by atoms with van der Waals surface area (Å²) in [5.41, 5.74) is 5.20. The van der Waals surface area contributed by atoms with Crippen LogP contribution in [0.5, 0.6) is 0 Å². The van der Waals surface area contributed by atoms with Crippen LogP contribution in [0.4, 0.5) is 11.5 Å². The first-order valence-electron chi connectivity index (χ1n) is 4.93. The second-order valence-corrected chi connectivity index (χ2v) is 3.75. The van der Waals surface area contributed by atoms with Crippen LogP contribution in [0.1, 0.15) is 24.0 Å². The quantitative estimate of drug-likeness (QED) is 0.652. The first-order valence-corrected chi connectivity index (χ1v) is 5.30. The number of rotatable bonds is 4. The fourth-order valence-corrected chi connectivity index (χ4v) is 1.44. The monoisotopic (exact) mass is 257 g/mol. The van der Waals surface area contributed by atoms with Gasteiger partial charge in [-0.05, 0) is 11.6 Å². The fraction of sp³-hybridized carbons (Fsp3) is 0.444. The van der Waals surface area contributed by atoms with Gasteiger partial charge in [-0.2, -0.15) is 0 Å². The molecule has 0 radical (unpaired) electrons. The Morgan fingerprint density at radius 3 is 2.65 bits per heavy atom. The molecule has 0 saturated carbocycles. The molecule has 0 bridgehead atoms. The predicted octanol–water partition coefficient (Wildman–Crippen LogP) is 1.59. The van der Waals surface area contributed by atoms with Gasteiger partial charge in [-0.3, -0.25) is 4.79 Å².